The van der Waals surface area contributed by atoms with Gasteiger partial charge in [-0.15, -0.1) is 11.3 Å². The largest absolute Gasteiger partial charge is 0.456 e. The van der Waals surface area contributed by atoms with Crippen LogP contribution in [0.15, 0.2) is 241 Å². The Kier molecular flexibility index (Phi) is 7.90. The second-order valence-corrected chi connectivity index (χ2v) is 19.3. The van der Waals surface area contributed by atoms with Crippen LogP contribution in [0.25, 0.3) is 97.4 Å². The fourth-order valence-electron chi connectivity index (χ4n) is 12.0. The first-order chi connectivity index (χ1) is 33.7. The summed E-state index contributed by atoms with van der Waals surface area (Å²) in [5.74, 6) is 0. The van der Waals surface area contributed by atoms with E-state index >= 15 is 0 Å². The molecule has 0 fully saturated rings. The fourth-order valence-corrected chi connectivity index (χ4v) is 13.3. The van der Waals surface area contributed by atoms with Crippen molar-refractivity contribution in [2.75, 3.05) is 4.90 Å². The predicted octanol–water partition coefficient (Wildman–Crippen LogP) is 18.3. The van der Waals surface area contributed by atoms with E-state index in [2.05, 4.69) is 241 Å². The fraction of sp³-hybridized carbons (Fsp3) is 0.0154. The molecular weight excluding hydrogens is 843 g/mol. The Morgan fingerprint density at radius 2 is 0.912 bits per heavy atom. The zero-order valence-corrected chi connectivity index (χ0v) is 37.6. The van der Waals surface area contributed by atoms with E-state index in [1.165, 1.54) is 86.6 Å². The van der Waals surface area contributed by atoms with Crippen LogP contribution < -0.4 is 4.90 Å². The minimum Gasteiger partial charge on any atom is -0.456 e. The third kappa shape index (κ3) is 5.17. The maximum Gasteiger partial charge on any atom is 0.136 e. The Bertz CT molecular complexity index is 4160. The lowest BCUT2D eigenvalue weighted by Crippen LogP contribution is -2.26. The first-order valence-electron chi connectivity index (χ1n) is 23.4. The van der Waals surface area contributed by atoms with Gasteiger partial charge in [0.15, 0.2) is 0 Å². The van der Waals surface area contributed by atoms with Gasteiger partial charge in [-0.25, -0.2) is 0 Å². The van der Waals surface area contributed by atoms with Gasteiger partial charge in [-0.2, -0.15) is 0 Å². The summed E-state index contributed by atoms with van der Waals surface area (Å²) in [4.78, 5) is 2.49. The van der Waals surface area contributed by atoms with Crippen molar-refractivity contribution in [3.8, 4) is 44.5 Å². The van der Waals surface area contributed by atoms with Crippen LogP contribution >= 0.6 is 11.3 Å². The zero-order chi connectivity index (χ0) is 44.5. The molecule has 0 aliphatic heterocycles. The van der Waals surface area contributed by atoms with Crippen LogP contribution in [0.1, 0.15) is 22.3 Å². The van der Waals surface area contributed by atoms with Crippen molar-refractivity contribution in [3.63, 3.8) is 0 Å². The standard InChI is InChI=1S/C65H39NOS/c1-2-16-42-38-61-54(37-41(42)15-1)63-52(23-14-29-60(63)67-61)50-20-6-11-28-59(50)66(43-33-31-40(32-34-43)45-22-13-24-53-51-21-7-12-30-62(51)68-64(45)53)44-35-36-49-48-19-5-10-27-57(48)65(58(49)39-44)55-25-8-3-17-46(55)47-18-4-9-26-56(47)65/h1-39H. The molecule has 2 nitrogen and oxygen atoms in total. The van der Waals surface area contributed by atoms with Crippen LogP contribution in [0.3, 0.4) is 0 Å². The van der Waals surface area contributed by atoms with Gasteiger partial charge in [-0.05, 0) is 127 Å². The average Bonchev–Trinajstić information content (AvgIpc) is 4.13. The van der Waals surface area contributed by atoms with E-state index in [9.17, 15) is 0 Å². The van der Waals surface area contributed by atoms with Gasteiger partial charge < -0.3 is 9.32 Å². The number of furan rings is 1. The third-order valence-corrected chi connectivity index (χ3v) is 16.1. The molecule has 2 aliphatic rings. The molecule has 0 saturated heterocycles. The SMILES string of the molecule is c1ccc(N(c2ccc(-c3cccc4c3sc3ccccc34)cc2)c2ccc3c(c2)C2(c4ccccc4-c4ccccc42)c2ccccc2-3)c(-c2cccc3oc4cc5ccccc5cc4c23)c1. The van der Waals surface area contributed by atoms with Crippen LogP contribution in [0, 0.1) is 0 Å². The lowest BCUT2D eigenvalue weighted by Gasteiger charge is -2.32. The Labute approximate surface area is 397 Å². The number of hydrogen-bond donors (Lipinski definition) is 0. The molecule has 3 heteroatoms. The summed E-state index contributed by atoms with van der Waals surface area (Å²) >= 11 is 1.88. The molecule has 13 aromatic rings. The Balaban J connectivity index is 0.977. The Morgan fingerprint density at radius 1 is 0.353 bits per heavy atom. The van der Waals surface area contributed by atoms with Crippen molar-refractivity contribution in [1.29, 1.82) is 0 Å². The van der Waals surface area contributed by atoms with E-state index in [1.54, 1.807) is 0 Å². The van der Waals surface area contributed by atoms with Gasteiger partial charge in [0.2, 0.25) is 0 Å². The highest BCUT2D eigenvalue weighted by Gasteiger charge is 2.51. The Hall–Kier alpha value is -8.50. The normalized spacial score (nSPS) is 13.1. The monoisotopic (exact) mass is 881 g/mol. The van der Waals surface area contributed by atoms with Crippen molar-refractivity contribution < 1.29 is 4.42 Å². The highest BCUT2D eigenvalue weighted by Crippen LogP contribution is 2.63. The van der Waals surface area contributed by atoms with Crippen LogP contribution in [0.2, 0.25) is 0 Å². The number of benzene rings is 11. The van der Waals surface area contributed by atoms with Gasteiger partial charge >= 0.3 is 0 Å². The molecule has 1 spiro atoms. The van der Waals surface area contributed by atoms with E-state index < -0.39 is 5.41 Å². The molecule has 2 aliphatic carbocycles. The molecule has 2 aromatic heterocycles. The molecule has 0 bridgehead atoms. The lowest BCUT2D eigenvalue weighted by atomic mass is 9.70. The van der Waals surface area contributed by atoms with Crippen molar-refractivity contribution in [3.05, 3.63) is 259 Å². The number of hydrogen-bond acceptors (Lipinski definition) is 3. The zero-order valence-electron chi connectivity index (χ0n) is 36.8. The molecule has 2 heterocycles. The first kappa shape index (κ1) is 37.7. The summed E-state index contributed by atoms with van der Waals surface area (Å²) < 4.78 is 9.31. The van der Waals surface area contributed by atoms with E-state index in [0.29, 0.717) is 0 Å². The number of thiophene rings is 1. The molecule has 316 valence electrons. The highest BCUT2D eigenvalue weighted by molar-refractivity contribution is 7.26. The summed E-state index contributed by atoms with van der Waals surface area (Å²) in [6.07, 6.45) is 0. The third-order valence-electron chi connectivity index (χ3n) is 14.9. The number of para-hydroxylation sites is 1. The molecule has 0 unspecified atom stereocenters. The van der Waals surface area contributed by atoms with E-state index in [0.717, 1.165) is 50.1 Å². The smallest absolute Gasteiger partial charge is 0.136 e. The lowest BCUT2D eigenvalue weighted by molar-refractivity contribution is 0.669. The molecule has 68 heavy (non-hydrogen) atoms. The first-order valence-corrected chi connectivity index (χ1v) is 24.2. The minimum absolute atomic E-state index is 0.475. The van der Waals surface area contributed by atoms with Gasteiger partial charge in [-0.3, -0.25) is 0 Å². The summed E-state index contributed by atoms with van der Waals surface area (Å²) in [6.45, 7) is 0. The van der Waals surface area contributed by atoms with Crippen molar-refractivity contribution in [2.45, 2.75) is 5.41 Å². The maximum absolute atomic E-state index is 6.68. The van der Waals surface area contributed by atoms with Crippen LogP contribution in [-0.2, 0) is 5.41 Å². The van der Waals surface area contributed by atoms with Crippen LogP contribution in [0.4, 0.5) is 17.1 Å². The van der Waals surface area contributed by atoms with Gasteiger partial charge in [0.1, 0.15) is 11.2 Å². The average molecular weight is 882 g/mol. The predicted molar refractivity (Wildman–Crippen MR) is 286 cm³/mol. The molecule has 0 amide bonds. The second-order valence-electron chi connectivity index (χ2n) is 18.3. The maximum atomic E-state index is 6.68. The van der Waals surface area contributed by atoms with Gasteiger partial charge in [-0.1, -0.05) is 182 Å². The van der Waals surface area contributed by atoms with Crippen molar-refractivity contribution in [2.24, 2.45) is 0 Å². The molecular formula is C65H39NOS. The minimum atomic E-state index is -0.475. The molecule has 0 saturated carbocycles. The summed E-state index contributed by atoms with van der Waals surface area (Å²) in [7, 11) is 0. The van der Waals surface area contributed by atoms with Crippen molar-refractivity contribution >= 4 is 81.3 Å². The topological polar surface area (TPSA) is 16.4 Å². The number of fused-ring (bicyclic) bond motifs is 17. The summed E-state index contributed by atoms with van der Waals surface area (Å²) in [6, 6.07) is 87.6. The van der Waals surface area contributed by atoms with Crippen LogP contribution in [-0.4, -0.2) is 0 Å². The molecule has 15 rings (SSSR count). The van der Waals surface area contributed by atoms with Crippen molar-refractivity contribution in [1.82, 2.24) is 0 Å². The Morgan fingerprint density at radius 3 is 1.66 bits per heavy atom. The second kappa shape index (κ2) is 14.3. The molecule has 0 N–H and O–H groups in total. The van der Waals surface area contributed by atoms with Crippen LogP contribution in [0.5, 0.6) is 0 Å². The number of nitrogens with zero attached hydrogens (tertiary/aromatic N) is 1. The van der Waals surface area contributed by atoms with E-state index in [1.807, 2.05) is 11.3 Å². The molecule has 11 aromatic carbocycles. The number of rotatable bonds is 5. The summed E-state index contributed by atoms with van der Waals surface area (Å²) in [5.41, 5.74) is 19.8. The number of anilines is 3. The van der Waals surface area contributed by atoms with Gasteiger partial charge in [0.25, 0.3) is 0 Å². The van der Waals surface area contributed by atoms with E-state index in [-0.39, 0.29) is 0 Å². The molecule has 0 atom stereocenters. The van der Waals surface area contributed by atoms with Gasteiger partial charge in [0, 0.05) is 47.9 Å². The summed E-state index contributed by atoms with van der Waals surface area (Å²) in [5, 5.41) is 7.22. The highest BCUT2D eigenvalue weighted by atomic mass is 32.1. The quantitative estimate of drug-likeness (QED) is 0.171. The molecule has 0 radical (unpaired) electrons. The van der Waals surface area contributed by atoms with E-state index in [4.69, 9.17) is 4.42 Å². The van der Waals surface area contributed by atoms with Gasteiger partial charge in [0.05, 0.1) is 11.1 Å².